The minimum atomic E-state index is -5.08. The first-order chi connectivity index (χ1) is 14.6. The van der Waals surface area contributed by atoms with E-state index >= 15 is 0 Å². The third-order valence-corrected chi connectivity index (χ3v) is 4.38. The average Bonchev–Trinajstić information content (AvgIpc) is 2.69. The van der Waals surface area contributed by atoms with Gasteiger partial charge in [0.1, 0.15) is 5.75 Å². The number of alkyl halides is 3. The van der Waals surface area contributed by atoms with Crippen LogP contribution in [0.3, 0.4) is 0 Å². The molecule has 0 aliphatic heterocycles. The molecule has 0 unspecified atom stereocenters. The number of benzene rings is 1. The second-order valence-corrected chi connectivity index (χ2v) is 7.20. The van der Waals surface area contributed by atoms with Crippen molar-refractivity contribution in [2.45, 2.75) is 65.0 Å². The molecule has 1 aromatic carbocycles. The molecule has 0 aliphatic carbocycles. The molecule has 0 heterocycles. The molecule has 178 valence electrons. The molecule has 0 bridgehead atoms. The van der Waals surface area contributed by atoms with Crippen LogP contribution in [0.4, 0.5) is 13.2 Å². The highest BCUT2D eigenvalue weighted by Gasteiger charge is 2.38. The number of rotatable bonds is 14. The summed E-state index contributed by atoms with van der Waals surface area (Å²) >= 11 is 0. The van der Waals surface area contributed by atoms with Crippen LogP contribution < -0.4 is 10.1 Å². The first-order valence-corrected chi connectivity index (χ1v) is 10.5. The Labute approximate surface area is 181 Å². The number of hydrogen-bond acceptors (Lipinski definition) is 4. The molecular weight excluding hydrogens is 415 g/mol. The van der Waals surface area contributed by atoms with Crippen LogP contribution in [0.25, 0.3) is 0 Å². The van der Waals surface area contributed by atoms with Gasteiger partial charge in [0, 0.05) is 6.54 Å². The SMILES string of the molecule is CCCC(CCC)COc1ccc(CCCNCCC(=O)O)cc1.O=C(O)C(F)(F)F. The lowest BCUT2D eigenvalue weighted by Crippen LogP contribution is -2.21. The van der Waals surface area contributed by atoms with Gasteiger partial charge in [0.15, 0.2) is 0 Å². The fourth-order valence-corrected chi connectivity index (χ4v) is 2.83. The van der Waals surface area contributed by atoms with Crippen LogP contribution in [0.5, 0.6) is 5.75 Å². The van der Waals surface area contributed by atoms with Crippen molar-refractivity contribution in [1.29, 1.82) is 0 Å². The summed E-state index contributed by atoms with van der Waals surface area (Å²) in [5.74, 6) is -1.89. The molecule has 0 saturated heterocycles. The number of nitrogens with one attached hydrogen (secondary N) is 1. The quantitative estimate of drug-likeness (QED) is 0.349. The van der Waals surface area contributed by atoms with Crippen LogP contribution >= 0.6 is 0 Å². The van der Waals surface area contributed by atoms with Gasteiger partial charge in [0.25, 0.3) is 0 Å². The Kier molecular flexibility index (Phi) is 15.2. The molecule has 0 radical (unpaired) electrons. The first kappa shape index (κ1) is 28.7. The lowest BCUT2D eigenvalue weighted by Gasteiger charge is -2.16. The maximum atomic E-state index is 10.6. The predicted octanol–water partition coefficient (Wildman–Crippen LogP) is 4.91. The molecule has 31 heavy (non-hydrogen) atoms. The van der Waals surface area contributed by atoms with Crippen molar-refractivity contribution in [2.75, 3.05) is 19.7 Å². The molecule has 6 nitrogen and oxygen atoms in total. The molecule has 0 amide bonds. The maximum Gasteiger partial charge on any atom is 0.490 e. The van der Waals surface area contributed by atoms with Crippen LogP contribution in [0, 0.1) is 5.92 Å². The molecule has 1 aromatic rings. The molecule has 0 spiro atoms. The second kappa shape index (κ2) is 16.4. The topological polar surface area (TPSA) is 95.9 Å². The Morgan fingerprint density at radius 2 is 1.58 bits per heavy atom. The Balaban J connectivity index is 0.00000110. The summed E-state index contributed by atoms with van der Waals surface area (Å²) in [4.78, 5) is 19.3. The number of ether oxygens (including phenoxy) is 1. The highest BCUT2D eigenvalue weighted by Crippen LogP contribution is 2.18. The number of hydrogen-bond donors (Lipinski definition) is 3. The summed E-state index contributed by atoms with van der Waals surface area (Å²) in [7, 11) is 0. The molecule has 0 saturated carbocycles. The predicted molar refractivity (Wildman–Crippen MR) is 112 cm³/mol. The van der Waals surface area contributed by atoms with Crippen LogP contribution in [0.15, 0.2) is 24.3 Å². The van der Waals surface area contributed by atoms with E-state index in [9.17, 15) is 18.0 Å². The van der Waals surface area contributed by atoms with E-state index in [4.69, 9.17) is 19.7 Å². The van der Waals surface area contributed by atoms with Crippen LogP contribution in [-0.4, -0.2) is 48.0 Å². The van der Waals surface area contributed by atoms with E-state index < -0.39 is 18.1 Å². The minimum Gasteiger partial charge on any atom is -0.493 e. The smallest absolute Gasteiger partial charge is 0.490 e. The standard InChI is InChI=1S/C20H33NO3.C2HF3O2/c1-3-6-18(7-4-2)16-24-19-11-9-17(10-12-19)8-5-14-21-15-13-20(22)23;3-2(4,5)1(6)7/h9-12,18,21H,3-8,13-16H2,1-2H3,(H,22,23);(H,6,7). The molecule has 1 rings (SSSR count). The zero-order valence-corrected chi connectivity index (χ0v) is 18.2. The summed E-state index contributed by atoms with van der Waals surface area (Å²) < 4.78 is 37.7. The van der Waals surface area contributed by atoms with E-state index in [2.05, 4.69) is 43.4 Å². The van der Waals surface area contributed by atoms with Crippen molar-refractivity contribution in [3.05, 3.63) is 29.8 Å². The maximum absolute atomic E-state index is 10.6. The van der Waals surface area contributed by atoms with Crippen LogP contribution in [0.2, 0.25) is 0 Å². The van der Waals surface area contributed by atoms with Crippen LogP contribution in [0.1, 0.15) is 57.9 Å². The van der Waals surface area contributed by atoms with Gasteiger partial charge in [0.2, 0.25) is 0 Å². The highest BCUT2D eigenvalue weighted by molar-refractivity contribution is 5.73. The fourth-order valence-electron chi connectivity index (χ4n) is 2.83. The van der Waals surface area contributed by atoms with Crippen molar-refractivity contribution >= 4 is 11.9 Å². The monoisotopic (exact) mass is 449 g/mol. The van der Waals surface area contributed by atoms with Gasteiger partial charge in [0.05, 0.1) is 13.0 Å². The number of carbonyl (C=O) groups is 2. The van der Waals surface area contributed by atoms with Gasteiger partial charge >= 0.3 is 18.1 Å². The van der Waals surface area contributed by atoms with Crippen molar-refractivity contribution in [2.24, 2.45) is 5.92 Å². The minimum absolute atomic E-state index is 0.184. The molecule has 0 aliphatic rings. The second-order valence-electron chi connectivity index (χ2n) is 7.20. The number of carboxylic acid groups (broad SMARTS) is 2. The normalized spacial score (nSPS) is 11.0. The summed E-state index contributed by atoms with van der Waals surface area (Å²) in [5, 5.41) is 18.8. The number of halogens is 3. The Bertz CT molecular complexity index is 615. The van der Waals surface area contributed by atoms with Crippen molar-refractivity contribution in [3.63, 3.8) is 0 Å². The summed E-state index contributed by atoms with van der Waals surface area (Å²) in [6, 6.07) is 8.37. The zero-order valence-electron chi connectivity index (χ0n) is 18.2. The molecule has 0 fully saturated rings. The van der Waals surface area contributed by atoms with Crippen molar-refractivity contribution < 1.29 is 37.7 Å². The molecule has 3 N–H and O–H groups in total. The van der Waals surface area contributed by atoms with E-state index in [1.54, 1.807) is 0 Å². The Morgan fingerprint density at radius 3 is 2.03 bits per heavy atom. The van der Waals surface area contributed by atoms with Gasteiger partial charge in [-0.15, -0.1) is 0 Å². The highest BCUT2D eigenvalue weighted by atomic mass is 19.4. The summed E-state index contributed by atoms with van der Waals surface area (Å²) in [5.41, 5.74) is 1.29. The van der Waals surface area contributed by atoms with E-state index in [-0.39, 0.29) is 6.42 Å². The molecule has 0 aromatic heterocycles. The summed E-state index contributed by atoms with van der Waals surface area (Å²) in [6.45, 7) is 6.66. The Morgan fingerprint density at radius 1 is 1.03 bits per heavy atom. The lowest BCUT2D eigenvalue weighted by molar-refractivity contribution is -0.192. The lowest BCUT2D eigenvalue weighted by atomic mass is 9.99. The van der Waals surface area contributed by atoms with Gasteiger partial charge in [-0.25, -0.2) is 4.79 Å². The van der Waals surface area contributed by atoms with Crippen LogP contribution in [-0.2, 0) is 16.0 Å². The van der Waals surface area contributed by atoms with Gasteiger partial charge in [-0.3, -0.25) is 4.79 Å². The summed E-state index contributed by atoms with van der Waals surface area (Å²) in [6.07, 6.45) is 2.01. The van der Waals surface area contributed by atoms with Crippen molar-refractivity contribution in [1.82, 2.24) is 5.32 Å². The van der Waals surface area contributed by atoms with E-state index in [1.165, 1.54) is 31.2 Å². The molecule has 9 heteroatoms. The van der Waals surface area contributed by atoms with Gasteiger partial charge < -0.3 is 20.3 Å². The number of aliphatic carboxylic acids is 2. The van der Waals surface area contributed by atoms with Gasteiger partial charge in [-0.05, 0) is 55.8 Å². The number of carboxylic acids is 2. The number of aryl methyl sites for hydroxylation is 1. The van der Waals surface area contributed by atoms with E-state index in [0.29, 0.717) is 12.5 Å². The Hall–Kier alpha value is -2.29. The van der Waals surface area contributed by atoms with E-state index in [1.807, 2.05) is 0 Å². The first-order valence-electron chi connectivity index (χ1n) is 10.5. The van der Waals surface area contributed by atoms with Gasteiger partial charge in [-0.1, -0.05) is 38.8 Å². The van der Waals surface area contributed by atoms with Gasteiger partial charge in [-0.2, -0.15) is 13.2 Å². The fraction of sp³-hybridized carbons (Fsp3) is 0.636. The third-order valence-electron chi connectivity index (χ3n) is 4.38. The third kappa shape index (κ3) is 16.1. The van der Waals surface area contributed by atoms with E-state index in [0.717, 1.165) is 31.7 Å². The molecular formula is C22H34F3NO5. The average molecular weight is 450 g/mol. The van der Waals surface area contributed by atoms with Crippen molar-refractivity contribution in [3.8, 4) is 5.75 Å². The molecule has 0 atom stereocenters. The zero-order chi connectivity index (χ0) is 23.7. The largest absolute Gasteiger partial charge is 0.493 e.